The lowest BCUT2D eigenvalue weighted by molar-refractivity contribution is -0.139. The minimum atomic E-state index is -1.48. The van der Waals surface area contributed by atoms with Gasteiger partial charge in [-0.25, -0.2) is 9.18 Å². The summed E-state index contributed by atoms with van der Waals surface area (Å²) in [6.07, 6.45) is 1.85. The number of rotatable bonds is 6. The number of carboxylic acid groups (broad SMARTS) is 1. The maximum Gasteiger partial charge on any atom is 0.328 e. The molecule has 1 atom stereocenters. The van der Waals surface area contributed by atoms with Gasteiger partial charge >= 0.3 is 5.97 Å². The molecule has 0 saturated carbocycles. The van der Waals surface area contributed by atoms with Gasteiger partial charge in [0.25, 0.3) is 5.91 Å². The Bertz CT molecular complexity index is 445. The third-order valence-electron chi connectivity index (χ3n) is 2.52. The van der Waals surface area contributed by atoms with Crippen LogP contribution in [0.4, 0.5) is 4.39 Å². The molecular weight excluding hydrogens is 257 g/mol. The van der Waals surface area contributed by atoms with E-state index in [4.69, 9.17) is 5.11 Å². The number of carboxylic acids is 1. The van der Waals surface area contributed by atoms with Crippen LogP contribution in [0, 0.1) is 6.92 Å². The fourth-order valence-electron chi connectivity index (χ4n) is 1.54. The molecule has 100 valence electrons. The standard InChI is InChI=1S/C12H16FNO3S/c1-3-4-8-5-10(18-7(8)2)11(15)14-9(6-13)12(16)17/h5,9H,3-4,6H2,1-2H3,(H,14,15)(H,16,17). The summed E-state index contributed by atoms with van der Waals surface area (Å²) in [5.74, 6) is -1.90. The van der Waals surface area contributed by atoms with E-state index in [0.717, 1.165) is 23.3 Å². The van der Waals surface area contributed by atoms with Gasteiger partial charge in [-0.1, -0.05) is 13.3 Å². The van der Waals surface area contributed by atoms with Gasteiger partial charge in [-0.2, -0.15) is 0 Å². The zero-order valence-electron chi connectivity index (χ0n) is 10.3. The average molecular weight is 273 g/mol. The third-order valence-corrected chi connectivity index (χ3v) is 3.61. The van der Waals surface area contributed by atoms with Crippen molar-refractivity contribution in [3.05, 3.63) is 21.4 Å². The second-order valence-corrected chi connectivity index (χ2v) is 5.22. The number of halogens is 1. The predicted octanol–water partition coefficient (Wildman–Crippen LogP) is 2.16. The van der Waals surface area contributed by atoms with Gasteiger partial charge in [0.1, 0.15) is 6.67 Å². The molecule has 1 amide bonds. The first kappa shape index (κ1) is 14.6. The number of amides is 1. The zero-order valence-corrected chi connectivity index (χ0v) is 11.1. The molecule has 4 nitrogen and oxygen atoms in total. The highest BCUT2D eigenvalue weighted by Crippen LogP contribution is 2.22. The van der Waals surface area contributed by atoms with Gasteiger partial charge in [0.15, 0.2) is 6.04 Å². The molecule has 0 spiro atoms. The van der Waals surface area contributed by atoms with Crippen LogP contribution in [-0.2, 0) is 11.2 Å². The van der Waals surface area contributed by atoms with Crippen LogP contribution < -0.4 is 5.32 Å². The van der Waals surface area contributed by atoms with Gasteiger partial charge in [-0.3, -0.25) is 4.79 Å². The van der Waals surface area contributed by atoms with Gasteiger partial charge < -0.3 is 10.4 Å². The summed E-state index contributed by atoms with van der Waals surface area (Å²) in [6.45, 7) is 2.84. The topological polar surface area (TPSA) is 66.4 Å². The van der Waals surface area contributed by atoms with Crippen molar-refractivity contribution in [3.8, 4) is 0 Å². The highest BCUT2D eigenvalue weighted by Gasteiger charge is 2.21. The molecule has 1 unspecified atom stereocenters. The number of alkyl halides is 1. The number of aryl methyl sites for hydroxylation is 2. The first-order valence-corrected chi connectivity index (χ1v) is 6.50. The van der Waals surface area contributed by atoms with Crippen molar-refractivity contribution in [2.75, 3.05) is 6.67 Å². The maximum absolute atomic E-state index is 12.4. The largest absolute Gasteiger partial charge is 0.480 e. The van der Waals surface area contributed by atoms with Gasteiger partial charge in [0.2, 0.25) is 0 Å². The molecule has 0 aliphatic rings. The number of carbonyl (C=O) groups is 2. The van der Waals surface area contributed by atoms with Gasteiger partial charge in [-0.05, 0) is 25.0 Å². The molecule has 1 rings (SSSR count). The van der Waals surface area contributed by atoms with Crippen molar-refractivity contribution in [2.24, 2.45) is 0 Å². The smallest absolute Gasteiger partial charge is 0.328 e. The monoisotopic (exact) mass is 273 g/mol. The quantitative estimate of drug-likeness (QED) is 0.834. The van der Waals surface area contributed by atoms with Crippen molar-refractivity contribution in [1.82, 2.24) is 5.32 Å². The van der Waals surface area contributed by atoms with E-state index in [1.165, 1.54) is 11.3 Å². The molecule has 0 saturated heterocycles. The highest BCUT2D eigenvalue weighted by molar-refractivity contribution is 7.14. The summed E-state index contributed by atoms with van der Waals surface area (Å²) in [5, 5.41) is 10.8. The van der Waals surface area contributed by atoms with Gasteiger partial charge in [0.05, 0.1) is 4.88 Å². The van der Waals surface area contributed by atoms with Crippen molar-refractivity contribution in [3.63, 3.8) is 0 Å². The van der Waals surface area contributed by atoms with Crippen molar-refractivity contribution in [2.45, 2.75) is 32.7 Å². The van der Waals surface area contributed by atoms with Crippen LogP contribution in [0.1, 0.15) is 33.5 Å². The molecule has 0 bridgehead atoms. The lowest BCUT2D eigenvalue weighted by Crippen LogP contribution is -2.42. The lowest BCUT2D eigenvalue weighted by Gasteiger charge is -2.09. The highest BCUT2D eigenvalue weighted by atomic mass is 32.1. The number of hydrogen-bond acceptors (Lipinski definition) is 3. The molecule has 0 radical (unpaired) electrons. The van der Waals surface area contributed by atoms with E-state index in [1.54, 1.807) is 6.07 Å². The fraction of sp³-hybridized carbons (Fsp3) is 0.500. The van der Waals surface area contributed by atoms with E-state index in [0.29, 0.717) is 4.88 Å². The Balaban J connectivity index is 2.78. The molecule has 1 heterocycles. The SMILES string of the molecule is CCCc1cc(C(=O)NC(CF)C(=O)O)sc1C. The number of thiophene rings is 1. The van der Waals surface area contributed by atoms with Crippen molar-refractivity contribution < 1.29 is 19.1 Å². The molecule has 0 aromatic carbocycles. The van der Waals surface area contributed by atoms with Crippen LogP contribution in [0.25, 0.3) is 0 Å². The van der Waals surface area contributed by atoms with E-state index >= 15 is 0 Å². The molecule has 6 heteroatoms. The second kappa shape index (κ2) is 6.49. The van der Waals surface area contributed by atoms with Crippen molar-refractivity contribution in [1.29, 1.82) is 0 Å². The van der Waals surface area contributed by atoms with E-state index in [1.807, 2.05) is 13.8 Å². The molecular formula is C12H16FNO3S. The number of aliphatic carboxylic acids is 1. The number of nitrogens with one attached hydrogen (secondary N) is 1. The Kier molecular flexibility index (Phi) is 5.27. The van der Waals surface area contributed by atoms with Crippen molar-refractivity contribution >= 4 is 23.2 Å². The zero-order chi connectivity index (χ0) is 13.7. The second-order valence-electron chi connectivity index (χ2n) is 3.96. The number of carbonyl (C=O) groups excluding carboxylic acids is 1. The van der Waals surface area contributed by atoms with E-state index < -0.39 is 24.6 Å². The molecule has 0 aliphatic carbocycles. The molecule has 1 aromatic heterocycles. The minimum Gasteiger partial charge on any atom is -0.480 e. The van der Waals surface area contributed by atoms with Crippen LogP contribution in [-0.4, -0.2) is 29.7 Å². The van der Waals surface area contributed by atoms with Crippen LogP contribution in [0.5, 0.6) is 0 Å². The summed E-state index contributed by atoms with van der Waals surface area (Å²) in [6, 6.07) is 0.269. The van der Waals surface area contributed by atoms with E-state index in [2.05, 4.69) is 5.32 Å². The van der Waals surface area contributed by atoms with E-state index in [-0.39, 0.29) is 0 Å². The first-order chi connectivity index (χ1) is 8.49. The Morgan fingerprint density at radius 2 is 2.22 bits per heavy atom. The lowest BCUT2D eigenvalue weighted by atomic mass is 10.1. The van der Waals surface area contributed by atoms with Crippen LogP contribution >= 0.6 is 11.3 Å². The fourth-order valence-corrected chi connectivity index (χ4v) is 2.52. The summed E-state index contributed by atoms with van der Waals surface area (Å²) >= 11 is 1.30. The molecule has 1 aromatic rings. The number of hydrogen-bond donors (Lipinski definition) is 2. The van der Waals surface area contributed by atoms with Gasteiger partial charge in [-0.15, -0.1) is 11.3 Å². The Labute approximate surface area is 109 Å². The van der Waals surface area contributed by atoms with Crippen LogP contribution in [0.2, 0.25) is 0 Å². The maximum atomic E-state index is 12.4. The van der Waals surface area contributed by atoms with Crippen LogP contribution in [0.3, 0.4) is 0 Å². The summed E-state index contributed by atoms with van der Waals surface area (Å²) in [4.78, 5) is 23.8. The average Bonchev–Trinajstić information content (AvgIpc) is 2.68. The Hall–Kier alpha value is -1.43. The van der Waals surface area contributed by atoms with Gasteiger partial charge in [0, 0.05) is 4.88 Å². The molecule has 0 aliphatic heterocycles. The summed E-state index contributed by atoms with van der Waals surface area (Å²) in [5.41, 5.74) is 1.08. The first-order valence-electron chi connectivity index (χ1n) is 5.68. The minimum absolute atomic E-state index is 0.427. The summed E-state index contributed by atoms with van der Waals surface area (Å²) in [7, 11) is 0. The molecule has 2 N–H and O–H groups in total. The normalized spacial score (nSPS) is 12.2. The van der Waals surface area contributed by atoms with E-state index in [9.17, 15) is 14.0 Å². The summed E-state index contributed by atoms with van der Waals surface area (Å²) < 4.78 is 12.4. The predicted molar refractivity (Wildman–Crippen MR) is 67.9 cm³/mol. The Morgan fingerprint density at radius 1 is 1.56 bits per heavy atom. The molecule has 0 fully saturated rings. The van der Waals surface area contributed by atoms with Crippen LogP contribution in [0.15, 0.2) is 6.07 Å². The molecule has 18 heavy (non-hydrogen) atoms. The third kappa shape index (κ3) is 3.53. The Morgan fingerprint density at radius 3 is 2.72 bits per heavy atom.